The molecular formula is C48H57N7O8Si2. The first-order valence-corrected chi connectivity index (χ1v) is 26.0. The third-order valence-corrected chi connectivity index (χ3v) is 18.0. The highest BCUT2D eigenvalue weighted by atomic mass is 28.3. The van der Waals surface area contributed by atoms with Crippen molar-refractivity contribution >= 4 is 57.7 Å². The average Bonchev–Trinajstić information content (AvgIpc) is 3.99. The molecule has 2 N–H and O–H groups in total. The van der Waals surface area contributed by atoms with E-state index in [-0.39, 0.29) is 60.7 Å². The molecule has 3 fully saturated rings. The molecule has 5 aliphatic rings. The number of amides is 4. The molecule has 4 aliphatic heterocycles. The molecule has 4 atom stereocenters. The van der Waals surface area contributed by atoms with Gasteiger partial charge >= 0.3 is 0 Å². The molecule has 1 spiro atoms. The Balaban J connectivity index is 1.11. The van der Waals surface area contributed by atoms with Crippen LogP contribution in [0.2, 0.25) is 6.04 Å². The van der Waals surface area contributed by atoms with Crippen LogP contribution in [0.5, 0.6) is 0 Å². The fraction of sp³-hybridized carbons (Fsp3) is 0.458. The maximum Gasteiger partial charge on any atom is 0.294 e. The van der Waals surface area contributed by atoms with Crippen LogP contribution in [0.3, 0.4) is 0 Å². The summed E-state index contributed by atoms with van der Waals surface area (Å²) in [5, 5.41) is 5.89. The van der Waals surface area contributed by atoms with Gasteiger partial charge in [-0.1, -0.05) is 64.6 Å². The van der Waals surface area contributed by atoms with Crippen molar-refractivity contribution in [1.82, 2.24) is 34.4 Å². The van der Waals surface area contributed by atoms with E-state index in [1.54, 1.807) is 13.3 Å². The van der Waals surface area contributed by atoms with Crippen LogP contribution in [0.25, 0.3) is 33.3 Å². The highest BCUT2D eigenvalue weighted by molar-refractivity contribution is 6.90. The number of aryl methyl sites for hydroxylation is 1. The number of carbonyl (C=O) groups excluding carboxylic acids is 5. The van der Waals surface area contributed by atoms with Gasteiger partial charge in [-0.2, -0.15) is 0 Å². The lowest BCUT2D eigenvalue weighted by Crippen LogP contribution is -2.65. The molecule has 15 nitrogen and oxygen atoms in total. The average molecular weight is 916 g/mol. The van der Waals surface area contributed by atoms with E-state index >= 15 is 0 Å². The van der Waals surface area contributed by atoms with Crippen molar-refractivity contribution in [2.75, 3.05) is 40.1 Å². The number of benzene rings is 2. The predicted molar refractivity (Wildman–Crippen MR) is 247 cm³/mol. The van der Waals surface area contributed by atoms with Gasteiger partial charge in [0.1, 0.15) is 18.9 Å². The number of likely N-dealkylation sites (tertiary alicyclic amines) is 1. The van der Waals surface area contributed by atoms with Crippen LogP contribution in [0.1, 0.15) is 76.3 Å². The SMILES string of the molecule is C=CC(=O)N1CCC2(C1)OCN([C@H](C(=O)N[Si]1Cc3cccc(c3)-c3ccc4c(c3)c3c(n4CC)-c4cccnc4[C@@H](OC)C3C(C)(C)COC(=O)[Si]3CCCN(N3)C1=O)C(C)C)C2=O. The van der Waals surface area contributed by atoms with Crippen LogP contribution in [0, 0.1) is 11.3 Å². The summed E-state index contributed by atoms with van der Waals surface area (Å²) in [7, 11) is -2.84. The molecule has 9 rings (SSSR count). The summed E-state index contributed by atoms with van der Waals surface area (Å²) in [5.41, 5.74) is 5.45. The second kappa shape index (κ2) is 17.4. The lowest BCUT2D eigenvalue weighted by molar-refractivity contribution is -0.142. The summed E-state index contributed by atoms with van der Waals surface area (Å²) in [4.78, 5) is 81.3. The Morgan fingerprint density at radius 3 is 2.65 bits per heavy atom. The molecule has 2 aromatic heterocycles. The fourth-order valence-corrected chi connectivity index (χ4v) is 14.4. The third kappa shape index (κ3) is 7.73. The van der Waals surface area contributed by atoms with Gasteiger partial charge in [0, 0.05) is 67.2 Å². The summed E-state index contributed by atoms with van der Waals surface area (Å²) in [6.45, 7) is 15.2. The lowest BCUT2D eigenvalue weighted by atomic mass is 9.67. The smallest absolute Gasteiger partial charge is 0.294 e. The maximum atomic E-state index is 14.8. The topological polar surface area (TPSA) is 165 Å². The second-order valence-corrected chi connectivity index (χ2v) is 22.9. The van der Waals surface area contributed by atoms with Crippen molar-refractivity contribution < 1.29 is 38.2 Å². The summed E-state index contributed by atoms with van der Waals surface area (Å²) in [5.74, 6) is -1.66. The van der Waals surface area contributed by atoms with E-state index in [9.17, 15) is 24.0 Å². The van der Waals surface area contributed by atoms with Crippen molar-refractivity contribution in [1.29, 1.82) is 0 Å². The van der Waals surface area contributed by atoms with Crippen LogP contribution < -0.4 is 10.1 Å². The molecule has 1 aliphatic carbocycles. The number of rotatable bonds is 7. The van der Waals surface area contributed by atoms with E-state index in [2.05, 4.69) is 78.4 Å². The Morgan fingerprint density at radius 1 is 1.09 bits per heavy atom. The van der Waals surface area contributed by atoms with E-state index in [0.29, 0.717) is 32.0 Å². The summed E-state index contributed by atoms with van der Waals surface area (Å²) in [6.07, 6.45) is 3.50. The maximum absolute atomic E-state index is 14.8. The minimum absolute atomic E-state index is 0.0770. The molecule has 6 bridgehead atoms. The Morgan fingerprint density at radius 2 is 1.89 bits per heavy atom. The van der Waals surface area contributed by atoms with Gasteiger partial charge in [0.05, 0.1) is 24.5 Å². The minimum atomic E-state index is -2.48. The largest absolute Gasteiger partial charge is 0.468 e. The number of hydrogen-bond donors (Lipinski definition) is 2. The Labute approximate surface area is 382 Å². The Hall–Kier alpha value is -5.47. The van der Waals surface area contributed by atoms with Crippen LogP contribution in [-0.4, -0.2) is 123 Å². The highest BCUT2D eigenvalue weighted by Gasteiger charge is 2.56. The van der Waals surface area contributed by atoms with Crippen LogP contribution >= 0.6 is 0 Å². The molecule has 340 valence electrons. The second-order valence-electron chi connectivity index (χ2n) is 18.8. The number of aromatic nitrogens is 2. The van der Waals surface area contributed by atoms with Crippen LogP contribution in [-0.2, 0) is 41.2 Å². The Kier molecular flexibility index (Phi) is 12.0. The zero-order valence-corrected chi connectivity index (χ0v) is 39.9. The summed E-state index contributed by atoms with van der Waals surface area (Å²) >= 11 is 0. The number of nitrogens with zero attached hydrogens (tertiary/aromatic N) is 5. The van der Waals surface area contributed by atoms with Gasteiger partial charge in [0.2, 0.25) is 17.3 Å². The number of nitrogens with one attached hydrogen (secondary N) is 2. The number of ether oxygens (including phenoxy) is 3. The zero-order valence-electron chi connectivity index (χ0n) is 37.9. The summed E-state index contributed by atoms with van der Waals surface area (Å²) < 4.78 is 21.1. The summed E-state index contributed by atoms with van der Waals surface area (Å²) in [6, 6.07) is 18.6. The number of pyridine rings is 1. The van der Waals surface area contributed by atoms with Gasteiger partial charge in [-0.3, -0.25) is 34.0 Å². The van der Waals surface area contributed by atoms with E-state index in [0.717, 1.165) is 56.7 Å². The van der Waals surface area contributed by atoms with Gasteiger partial charge in [-0.05, 0) is 83.9 Å². The van der Waals surface area contributed by atoms with Crippen molar-refractivity contribution in [3.8, 4) is 22.4 Å². The van der Waals surface area contributed by atoms with Gasteiger partial charge in [-0.25, -0.2) is 5.09 Å². The zero-order chi connectivity index (χ0) is 45.9. The number of cyclic esters (lactones) is 1. The van der Waals surface area contributed by atoms with Gasteiger partial charge in [-0.15, -0.1) is 0 Å². The standard InChI is InChI=1S/C48H57N7O8Si2/c1-8-36(56)52-21-18-48(26-52)44(58)54(28-63-48)40(29(3)4)43(57)50-65-25-30-13-10-14-31(23-30)32-16-17-35-34(24-32)37-38(42(61-7)39-33(15-11-19-49-39)41(37)53(35)9-2)47(5,6)27-62-46(60)64-22-12-20-55(51-64)45(65)59/h8,10-11,13-17,19,23-24,29,38,40,42,51H,1,9,12,18,20-22,25-28H2,2-7H3,(H,50,57)/t38?,40-,42-,48?/m0/s1. The molecular weight excluding hydrogens is 859 g/mol. The Bertz CT molecular complexity index is 2600. The van der Waals surface area contributed by atoms with Gasteiger partial charge in [0.15, 0.2) is 5.60 Å². The first-order chi connectivity index (χ1) is 31.2. The number of hydrogen-bond acceptors (Lipinski definition) is 10. The highest BCUT2D eigenvalue weighted by Crippen LogP contribution is 2.57. The minimum Gasteiger partial charge on any atom is -0.468 e. The number of carbonyl (C=O) groups is 5. The molecule has 0 saturated carbocycles. The van der Waals surface area contributed by atoms with Gasteiger partial charge in [0.25, 0.3) is 29.4 Å². The molecule has 65 heavy (non-hydrogen) atoms. The van der Waals surface area contributed by atoms with Crippen LogP contribution in [0.4, 0.5) is 9.59 Å². The van der Waals surface area contributed by atoms with E-state index in [4.69, 9.17) is 19.2 Å². The van der Waals surface area contributed by atoms with Gasteiger partial charge < -0.3 is 33.6 Å². The van der Waals surface area contributed by atoms with E-state index in [1.807, 2.05) is 32.0 Å². The van der Waals surface area contributed by atoms with Crippen LogP contribution in [0.15, 0.2) is 73.4 Å². The quantitative estimate of drug-likeness (QED) is 0.166. The molecule has 4 amide bonds. The molecule has 3 saturated heterocycles. The first kappa shape index (κ1) is 44.7. The number of fused-ring (bicyclic) bond motifs is 8. The molecule has 2 unspecified atom stereocenters. The normalized spacial score (nSPS) is 24.0. The molecule has 4 aromatic rings. The predicted octanol–water partition coefficient (Wildman–Crippen LogP) is 6.02. The third-order valence-electron chi connectivity index (χ3n) is 13.9. The lowest BCUT2D eigenvalue weighted by Gasteiger charge is -2.42. The van der Waals surface area contributed by atoms with Crippen molar-refractivity contribution in [3.05, 3.63) is 90.3 Å². The van der Waals surface area contributed by atoms with E-state index < -0.39 is 47.0 Å². The van der Waals surface area contributed by atoms with Crippen molar-refractivity contribution in [2.45, 2.75) is 89.8 Å². The molecule has 6 heterocycles. The monoisotopic (exact) mass is 915 g/mol. The first-order valence-electron chi connectivity index (χ1n) is 22.6. The molecule has 17 heteroatoms. The van der Waals surface area contributed by atoms with Crippen molar-refractivity contribution in [3.63, 3.8) is 0 Å². The number of hydrazine groups is 1. The number of methoxy groups -OCH3 is 1. The van der Waals surface area contributed by atoms with E-state index in [1.165, 1.54) is 20.9 Å². The van der Waals surface area contributed by atoms with Crippen molar-refractivity contribution in [2.24, 2.45) is 11.3 Å². The molecule has 2 aromatic carbocycles. The molecule has 2 radical (unpaired) electrons. The fourth-order valence-electron chi connectivity index (χ4n) is 10.7.